The minimum atomic E-state index is -0.253. The summed E-state index contributed by atoms with van der Waals surface area (Å²) in [6.45, 7) is 2.62. The third-order valence-electron chi connectivity index (χ3n) is 5.86. The molecule has 2 N–H and O–H groups in total. The molecule has 4 rings (SSSR count). The third kappa shape index (κ3) is 6.68. The normalized spacial score (nSPS) is 13.4. The molecule has 0 unspecified atom stereocenters. The van der Waals surface area contributed by atoms with E-state index in [2.05, 4.69) is 15.5 Å². The second-order valence-electron chi connectivity index (χ2n) is 8.47. The quantitative estimate of drug-likeness (QED) is 0.486. The Morgan fingerprint density at radius 1 is 0.824 bits per heavy atom. The van der Waals surface area contributed by atoms with E-state index in [-0.39, 0.29) is 18.4 Å². The maximum Gasteiger partial charge on any atom is 0.253 e. The summed E-state index contributed by atoms with van der Waals surface area (Å²) in [6.07, 6.45) is 3.44. The standard InChI is InChI=1S/C28H31N3O3/c32-27(21-34-20-23-12-6-2-7-13-23)30-24-14-15-26(31-16-8-3-9-17-31)25(18-24)28(33)29-19-22-10-4-1-5-11-22/h1-2,4-7,10-15,18H,3,8-9,16-17,19-21H2,(H,29,33)(H,30,32). The number of ether oxygens (including phenoxy) is 1. The highest BCUT2D eigenvalue weighted by molar-refractivity contribution is 6.02. The van der Waals surface area contributed by atoms with E-state index in [1.54, 1.807) is 6.07 Å². The van der Waals surface area contributed by atoms with Crippen LogP contribution in [-0.2, 0) is 22.7 Å². The number of anilines is 2. The van der Waals surface area contributed by atoms with Gasteiger partial charge in [-0.15, -0.1) is 0 Å². The molecule has 0 aromatic heterocycles. The summed E-state index contributed by atoms with van der Waals surface area (Å²) in [4.78, 5) is 27.9. The van der Waals surface area contributed by atoms with E-state index in [1.807, 2.05) is 72.8 Å². The maximum absolute atomic E-state index is 13.2. The third-order valence-corrected chi connectivity index (χ3v) is 5.86. The fourth-order valence-corrected chi connectivity index (χ4v) is 4.11. The number of hydrogen-bond donors (Lipinski definition) is 2. The summed E-state index contributed by atoms with van der Waals surface area (Å²) in [5, 5.41) is 5.89. The lowest BCUT2D eigenvalue weighted by Gasteiger charge is -2.30. The molecular formula is C28H31N3O3. The Kier molecular flexibility index (Phi) is 8.30. The number of carbonyl (C=O) groups is 2. The molecule has 1 saturated heterocycles. The molecule has 3 aromatic rings. The van der Waals surface area contributed by atoms with Crippen LogP contribution in [0.5, 0.6) is 0 Å². The minimum absolute atomic E-state index is 0.0572. The van der Waals surface area contributed by atoms with Crippen molar-refractivity contribution in [3.63, 3.8) is 0 Å². The Hall–Kier alpha value is -3.64. The Morgan fingerprint density at radius 2 is 1.50 bits per heavy atom. The van der Waals surface area contributed by atoms with Crippen molar-refractivity contribution in [2.24, 2.45) is 0 Å². The lowest BCUT2D eigenvalue weighted by Crippen LogP contribution is -2.32. The Morgan fingerprint density at radius 3 is 2.21 bits per heavy atom. The topological polar surface area (TPSA) is 70.7 Å². The van der Waals surface area contributed by atoms with Gasteiger partial charge in [-0.05, 0) is 48.6 Å². The van der Waals surface area contributed by atoms with Crippen LogP contribution in [-0.4, -0.2) is 31.5 Å². The Bertz CT molecular complexity index is 1080. The number of nitrogens with zero attached hydrogens (tertiary/aromatic N) is 1. The Balaban J connectivity index is 1.42. The van der Waals surface area contributed by atoms with Crippen LogP contribution in [0, 0.1) is 0 Å². The largest absolute Gasteiger partial charge is 0.371 e. The molecule has 0 spiro atoms. The number of nitrogens with one attached hydrogen (secondary N) is 2. The molecule has 34 heavy (non-hydrogen) atoms. The van der Waals surface area contributed by atoms with Crippen LogP contribution in [0.2, 0.25) is 0 Å². The molecule has 6 heteroatoms. The first-order chi connectivity index (χ1) is 16.7. The highest BCUT2D eigenvalue weighted by Gasteiger charge is 2.19. The number of hydrogen-bond acceptors (Lipinski definition) is 4. The summed E-state index contributed by atoms with van der Waals surface area (Å²) < 4.78 is 5.54. The predicted octanol–water partition coefficient (Wildman–Crippen LogP) is 4.76. The average Bonchev–Trinajstić information content (AvgIpc) is 2.89. The zero-order chi connectivity index (χ0) is 23.6. The molecule has 6 nitrogen and oxygen atoms in total. The van der Waals surface area contributed by atoms with Crippen LogP contribution in [0.1, 0.15) is 40.7 Å². The van der Waals surface area contributed by atoms with Gasteiger partial charge in [0.25, 0.3) is 5.91 Å². The van der Waals surface area contributed by atoms with E-state index in [0.717, 1.165) is 42.7 Å². The van der Waals surface area contributed by atoms with Gasteiger partial charge in [-0.3, -0.25) is 9.59 Å². The second-order valence-corrected chi connectivity index (χ2v) is 8.47. The van der Waals surface area contributed by atoms with Crippen LogP contribution in [0.25, 0.3) is 0 Å². The van der Waals surface area contributed by atoms with Crippen molar-refractivity contribution < 1.29 is 14.3 Å². The molecule has 176 valence electrons. The van der Waals surface area contributed by atoms with Gasteiger partial charge >= 0.3 is 0 Å². The summed E-state index contributed by atoms with van der Waals surface area (Å²) in [6, 6.07) is 25.1. The van der Waals surface area contributed by atoms with E-state index in [4.69, 9.17) is 4.74 Å². The molecule has 2 amide bonds. The molecule has 0 radical (unpaired) electrons. The lowest BCUT2D eigenvalue weighted by atomic mass is 10.1. The molecule has 1 aliphatic rings. The smallest absolute Gasteiger partial charge is 0.253 e. The zero-order valence-electron chi connectivity index (χ0n) is 19.3. The SMILES string of the molecule is O=C(COCc1ccccc1)Nc1ccc(N2CCCCC2)c(C(=O)NCc2ccccc2)c1. The van der Waals surface area contributed by atoms with Crippen molar-refractivity contribution in [1.29, 1.82) is 0 Å². The van der Waals surface area contributed by atoms with Gasteiger partial charge in [0.2, 0.25) is 5.91 Å². The lowest BCUT2D eigenvalue weighted by molar-refractivity contribution is -0.121. The van der Waals surface area contributed by atoms with Gasteiger partial charge in [-0.1, -0.05) is 60.7 Å². The fourth-order valence-electron chi connectivity index (χ4n) is 4.11. The van der Waals surface area contributed by atoms with Gasteiger partial charge < -0.3 is 20.3 Å². The van der Waals surface area contributed by atoms with Crippen LogP contribution in [0.15, 0.2) is 78.9 Å². The summed E-state index contributed by atoms with van der Waals surface area (Å²) in [5.74, 6) is -0.404. The predicted molar refractivity (Wildman–Crippen MR) is 135 cm³/mol. The fraction of sp³-hybridized carbons (Fsp3) is 0.286. The number of amides is 2. The van der Waals surface area contributed by atoms with Crippen molar-refractivity contribution in [3.05, 3.63) is 95.6 Å². The van der Waals surface area contributed by atoms with Crippen LogP contribution in [0.4, 0.5) is 11.4 Å². The van der Waals surface area contributed by atoms with E-state index < -0.39 is 0 Å². The van der Waals surface area contributed by atoms with Gasteiger partial charge in [0.05, 0.1) is 12.2 Å². The van der Waals surface area contributed by atoms with Crippen LogP contribution >= 0.6 is 0 Å². The minimum Gasteiger partial charge on any atom is -0.371 e. The molecular weight excluding hydrogens is 426 g/mol. The van der Waals surface area contributed by atoms with E-state index in [0.29, 0.717) is 24.4 Å². The van der Waals surface area contributed by atoms with Crippen LogP contribution in [0.3, 0.4) is 0 Å². The molecule has 0 bridgehead atoms. The number of benzene rings is 3. The maximum atomic E-state index is 13.2. The molecule has 1 heterocycles. The van der Waals surface area contributed by atoms with Crippen molar-refractivity contribution in [2.75, 3.05) is 29.9 Å². The van der Waals surface area contributed by atoms with Gasteiger partial charge in [0, 0.05) is 31.0 Å². The molecule has 0 atom stereocenters. The summed E-state index contributed by atoms with van der Waals surface area (Å²) in [5.41, 5.74) is 4.11. The molecule has 0 aliphatic carbocycles. The van der Waals surface area contributed by atoms with E-state index >= 15 is 0 Å². The van der Waals surface area contributed by atoms with Gasteiger partial charge in [0.15, 0.2) is 0 Å². The highest BCUT2D eigenvalue weighted by atomic mass is 16.5. The second kappa shape index (κ2) is 12.0. The summed E-state index contributed by atoms with van der Waals surface area (Å²) in [7, 11) is 0. The highest BCUT2D eigenvalue weighted by Crippen LogP contribution is 2.27. The number of carbonyl (C=O) groups excluding carboxylic acids is 2. The summed E-state index contributed by atoms with van der Waals surface area (Å²) >= 11 is 0. The van der Waals surface area contributed by atoms with Crippen molar-refractivity contribution >= 4 is 23.2 Å². The van der Waals surface area contributed by atoms with Crippen molar-refractivity contribution in [2.45, 2.75) is 32.4 Å². The molecule has 3 aromatic carbocycles. The van der Waals surface area contributed by atoms with Gasteiger partial charge in [0.1, 0.15) is 6.61 Å². The molecule has 1 fully saturated rings. The van der Waals surface area contributed by atoms with Crippen molar-refractivity contribution in [3.8, 4) is 0 Å². The first-order valence-corrected chi connectivity index (χ1v) is 11.8. The number of piperidine rings is 1. The monoisotopic (exact) mass is 457 g/mol. The molecule has 0 saturated carbocycles. The van der Waals surface area contributed by atoms with E-state index in [1.165, 1.54) is 6.42 Å². The Labute approximate surface area is 200 Å². The number of rotatable bonds is 9. The van der Waals surface area contributed by atoms with E-state index in [9.17, 15) is 9.59 Å². The first kappa shape index (κ1) is 23.5. The first-order valence-electron chi connectivity index (χ1n) is 11.8. The van der Waals surface area contributed by atoms with Gasteiger partial charge in [-0.2, -0.15) is 0 Å². The average molecular weight is 458 g/mol. The zero-order valence-corrected chi connectivity index (χ0v) is 19.3. The van der Waals surface area contributed by atoms with Crippen LogP contribution < -0.4 is 15.5 Å². The van der Waals surface area contributed by atoms with Gasteiger partial charge in [-0.25, -0.2) is 0 Å². The molecule has 1 aliphatic heterocycles. The van der Waals surface area contributed by atoms with Crippen molar-refractivity contribution in [1.82, 2.24) is 5.32 Å².